The van der Waals surface area contributed by atoms with Crippen molar-refractivity contribution in [3.05, 3.63) is 34.9 Å². The van der Waals surface area contributed by atoms with Crippen LogP contribution < -0.4 is 0 Å². The number of benzene rings is 1. The van der Waals surface area contributed by atoms with Gasteiger partial charge in [-0.25, -0.2) is 0 Å². The van der Waals surface area contributed by atoms with Gasteiger partial charge in [-0.05, 0) is 57.2 Å². The summed E-state index contributed by atoms with van der Waals surface area (Å²) >= 11 is 0. The maximum absolute atomic E-state index is 12.7. The third kappa shape index (κ3) is 2.81. The van der Waals surface area contributed by atoms with Gasteiger partial charge in [0.25, 0.3) is 5.91 Å². The summed E-state index contributed by atoms with van der Waals surface area (Å²) in [5.41, 5.74) is 2.95. The maximum Gasteiger partial charge on any atom is 0.254 e. The highest BCUT2D eigenvalue weighted by Crippen LogP contribution is 2.24. The summed E-state index contributed by atoms with van der Waals surface area (Å²) in [4.78, 5) is 14.6. The second-order valence-corrected chi connectivity index (χ2v) is 5.55. The molecule has 0 spiro atoms. The van der Waals surface area contributed by atoms with Crippen molar-refractivity contribution in [1.82, 2.24) is 4.90 Å². The number of rotatable bonds is 2. The third-order valence-corrected chi connectivity index (χ3v) is 4.20. The molecule has 19 heavy (non-hydrogen) atoms. The number of piperidine rings is 1. The lowest BCUT2D eigenvalue weighted by molar-refractivity contribution is 0.0280. The highest BCUT2D eigenvalue weighted by atomic mass is 16.3. The number of hydrogen-bond acceptors (Lipinski definition) is 2. The first kappa shape index (κ1) is 14.1. The smallest absolute Gasteiger partial charge is 0.254 e. The van der Waals surface area contributed by atoms with E-state index in [-0.39, 0.29) is 11.9 Å². The fraction of sp³-hybridized carbons (Fsp3) is 0.562. The minimum Gasteiger partial charge on any atom is -0.391 e. The molecule has 104 valence electrons. The number of carbonyl (C=O) groups is 1. The van der Waals surface area contributed by atoms with Crippen molar-refractivity contribution in [3.63, 3.8) is 0 Å². The van der Waals surface area contributed by atoms with Crippen molar-refractivity contribution in [2.24, 2.45) is 0 Å². The lowest BCUT2D eigenvalue weighted by Gasteiger charge is -2.37. The van der Waals surface area contributed by atoms with E-state index in [9.17, 15) is 9.90 Å². The van der Waals surface area contributed by atoms with Crippen LogP contribution in [0.15, 0.2) is 18.2 Å². The van der Waals surface area contributed by atoms with Gasteiger partial charge >= 0.3 is 0 Å². The topological polar surface area (TPSA) is 40.5 Å². The van der Waals surface area contributed by atoms with Crippen molar-refractivity contribution >= 4 is 5.91 Å². The standard InChI is InChI=1S/C16H23NO2/c1-11-7-6-8-14(12(11)2)16(19)17-10-5-4-9-15(17)13(3)18/h6-8,13,15,18H,4-5,9-10H2,1-3H3/t13-,15-/m1/s1. The van der Waals surface area contributed by atoms with Crippen LogP contribution in [0.25, 0.3) is 0 Å². The molecule has 1 amide bonds. The van der Waals surface area contributed by atoms with Crippen molar-refractivity contribution < 1.29 is 9.90 Å². The van der Waals surface area contributed by atoms with Crippen LogP contribution in [0.4, 0.5) is 0 Å². The second kappa shape index (κ2) is 5.74. The number of carbonyl (C=O) groups excluding carboxylic acids is 1. The number of aliphatic hydroxyl groups excluding tert-OH is 1. The van der Waals surface area contributed by atoms with E-state index in [1.54, 1.807) is 6.92 Å². The lowest BCUT2D eigenvalue weighted by atomic mass is 9.95. The SMILES string of the molecule is Cc1cccc(C(=O)N2CCCC[C@@H]2[C@@H](C)O)c1C. The van der Waals surface area contributed by atoms with Crippen LogP contribution in [0.1, 0.15) is 47.7 Å². The monoisotopic (exact) mass is 261 g/mol. The molecule has 0 saturated carbocycles. The molecule has 1 aromatic carbocycles. The van der Waals surface area contributed by atoms with Crippen molar-refractivity contribution in [2.45, 2.75) is 52.2 Å². The Morgan fingerprint density at radius 2 is 2.11 bits per heavy atom. The first-order valence-corrected chi connectivity index (χ1v) is 7.07. The molecule has 1 fully saturated rings. The molecule has 3 nitrogen and oxygen atoms in total. The quantitative estimate of drug-likeness (QED) is 0.889. The van der Waals surface area contributed by atoms with E-state index in [0.29, 0.717) is 0 Å². The first-order valence-electron chi connectivity index (χ1n) is 7.07. The fourth-order valence-electron chi connectivity index (χ4n) is 2.85. The zero-order chi connectivity index (χ0) is 14.0. The van der Waals surface area contributed by atoms with E-state index in [1.165, 1.54) is 0 Å². The summed E-state index contributed by atoms with van der Waals surface area (Å²) in [6, 6.07) is 5.80. The fourth-order valence-corrected chi connectivity index (χ4v) is 2.85. The average molecular weight is 261 g/mol. The Bertz CT molecular complexity index is 468. The molecule has 2 atom stereocenters. The summed E-state index contributed by atoms with van der Waals surface area (Å²) in [6.07, 6.45) is 2.55. The molecule has 1 aromatic rings. The number of aliphatic hydroxyl groups is 1. The summed E-state index contributed by atoms with van der Waals surface area (Å²) in [5.74, 6) is 0.0619. The van der Waals surface area contributed by atoms with Crippen molar-refractivity contribution in [2.75, 3.05) is 6.54 Å². The van der Waals surface area contributed by atoms with Crippen molar-refractivity contribution in [3.8, 4) is 0 Å². The lowest BCUT2D eigenvalue weighted by Crippen LogP contribution is -2.49. The molecule has 1 aliphatic rings. The highest BCUT2D eigenvalue weighted by Gasteiger charge is 2.31. The Kier molecular flexibility index (Phi) is 4.25. The van der Waals surface area contributed by atoms with Crippen LogP contribution in [0.5, 0.6) is 0 Å². The molecular weight excluding hydrogens is 238 g/mol. The van der Waals surface area contributed by atoms with E-state index in [0.717, 1.165) is 42.5 Å². The Morgan fingerprint density at radius 3 is 2.79 bits per heavy atom. The number of hydrogen-bond donors (Lipinski definition) is 1. The number of likely N-dealkylation sites (tertiary alicyclic amines) is 1. The summed E-state index contributed by atoms with van der Waals surface area (Å²) in [5, 5.41) is 9.87. The molecule has 0 aromatic heterocycles. The molecular formula is C16H23NO2. The summed E-state index contributed by atoms with van der Waals surface area (Å²) < 4.78 is 0. The first-order chi connectivity index (χ1) is 9.02. The van der Waals surface area contributed by atoms with Gasteiger partial charge in [0, 0.05) is 12.1 Å². The Labute approximate surface area is 115 Å². The third-order valence-electron chi connectivity index (χ3n) is 4.20. The minimum absolute atomic E-state index is 0.0406. The van der Waals surface area contributed by atoms with E-state index in [1.807, 2.05) is 36.9 Å². The predicted molar refractivity (Wildman–Crippen MR) is 76.3 cm³/mol. The Balaban J connectivity index is 2.29. The van der Waals surface area contributed by atoms with Crippen LogP contribution in [0, 0.1) is 13.8 Å². The zero-order valence-corrected chi connectivity index (χ0v) is 12.0. The predicted octanol–water partition coefficient (Wildman–Crippen LogP) is 2.68. The summed E-state index contributed by atoms with van der Waals surface area (Å²) in [6.45, 7) is 6.54. The van der Waals surface area contributed by atoms with Gasteiger partial charge in [-0.15, -0.1) is 0 Å². The molecule has 2 rings (SSSR count). The molecule has 0 aliphatic carbocycles. The molecule has 0 unspecified atom stereocenters. The van der Waals surface area contributed by atoms with Gasteiger partial charge in [0.15, 0.2) is 0 Å². The van der Waals surface area contributed by atoms with E-state index >= 15 is 0 Å². The molecule has 0 bridgehead atoms. The maximum atomic E-state index is 12.7. The van der Waals surface area contributed by atoms with Gasteiger partial charge in [0.1, 0.15) is 0 Å². The van der Waals surface area contributed by atoms with Gasteiger partial charge in [0.2, 0.25) is 0 Å². The van der Waals surface area contributed by atoms with Crippen LogP contribution in [-0.2, 0) is 0 Å². The van der Waals surface area contributed by atoms with Crippen LogP contribution in [-0.4, -0.2) is 34.6 Å². The number of aryl methyl sites for hydroxylation is 1. The Hall–Kier alpha value is -1.35. The molecule has 0 radical (unpaired) electrons. The van der Waals surface area contributed by atoms with Gasteiger partial charge in [-0.1, -0.05) is 12.1 Å². The highest BCUT2D eigenvalue weighted by molar-refractivity contribution is 5.96. The number of nitrogens with zero attached hydrogens (tertiary/aromatic N) is 1. The summed E-state index contributed by atoms with van der Waals surface area (Å²) in [7, 11) is 0. The van der Waals surface area contributed by atoms with E-state index in [2.05, 4.69) is 0 Å². The van der Waals surface area contributed by atoms with Gasteiger partial charge in [-0.2, -0.15) is 0 Å². The number of amides is 1. The van der Waals surface area contributed by atoms with E-state index in [4.69, 9.17) is 0 Å². The molecule has 1 heterocycles. The van der Waals surface area contributed by atoms with Crippen molar-refractivity contribution in [1.29, 1.82) is 0 Å². The molecule has 1 saturated heterocycles. The molecule has 1 aliphatic heterocycles. The molecule has 1 N–H and O–H groups in total. The van der Waals surface area contributed by atoms with Crippen LogP contribution in [0.2, 0.25) is 0 Å². The van der Waals surface area contributed by atoms with Gasteiger partial charge in [0.05, 0.1) is 12.1 Å². The normalized spacial score (nSPS) is 21.3. The second-order valence-electron chi connectivity index (χ2n) is 5.55. The minimum atomic E-state index is -0.464. The average Bonchev–Trinajstić information content (AvgIpc) is 2.41. The zero-order valence-electron chi connectivity index (χ0n) is 12.0. The largest absolute Gasteiger partial charge is 0.391 e. The Morgan fingerprint density at radius 1 is 1.37 bits per heavy atom. The van der Waals surface area contributed by atoms with Crippen LogP contribution in [0.3, 0.4) is 0 Å². The molecule has 3 heteroatoms. The van der Waals surface area contributed by atoms with Gasteiger partial charge < -0.3 is 10.0 Å². The van der Waals surface area contributed by atoms with E-state index < -0.39 is 6.10 Å². The van der Waals surface area contributed by atoms with Crippen LogP contribution >= 0.6 is 0 Å². The van der Waals surface area contributed by atoms with Gasteiger partial charge in [-0.3, -0.25) is 4.79 Å².